The van der Waals surface area contributed by atoms with E-state index in [0.29, 0.717) is 12.0 Å². The van der Waals surface area contributed by atoms with E-state index in [-0.39, 0.29) is 23.1 Å². The molecule has 0 saturated carbocycles. The molecule has 22 heavy (non-hydrogen) atoms. The van der Waals surface area contributed by atoms with Crippen LogP contribution < -0.4 is 11.1 Å². The van der Waals surface area contributed by atoms with E-state index in [2.05, 4.69) is 17.1 Å². The van der Waals surface area contributed by atoms with Crippen LogP contribution in [0, 0.1) is 11.7 Å². The van der Waals surface area contributed by atoms with Crippen molar-refractivity contribution in [1.29, 1.82) is 0 Å². The molecule has 2 amide bonds. The number of hydrogen-bond acceptors (Lipinski definition) is 3. The molecule has 3 aliphatic rings. The smallest absolute Gasteiger partial charge is 0.251 e. The highest BCUT2D eigenvalue weighted by molar-refractivity contribution is 5.99. The number of rotatable bonds is 3. The average molecular weight is 305 g/mol. The lowest BCUT2D eigenvalue weighted by Gasteiger charge is -2.49. The van der Waals surface area contributed by atoms with Crippen molar-refractivity contribution >= 4 is 11.8 Å². The monoisotopic (exact) mass is 305 g/mol. The summed E-state index contributed by atoms with van der Waals surface area (Å²) in [6.45, 7) is 4.29. The number of hydrogen-bond donors (Lipinski definition) is 2. The lowest BCUT2D eigenvalue weighted by Crippen LogP contribution is -2.62. The summed E-state index contributed by atoms with van der Waals surface area (Å²) in [6.07, 6.45) is 2.18. The molecular formula is C16H20FN3O2. The van der Waals surface area contributed by atoms with Crippen LogP contribution in [0.25, 0.3) is 0 Å². The van der Waals surface area contributed by atoms with Crippen molar-refractivity contribution in [2.24, 2.45) is 11.7 Å². The van der Waals surface area contributed by atoms with Gasteiger partial charge in [-0.15, -0.1) is 0 Å². The van der Waals surface area contributed by atoms with Crippen molar-refractivity contribution in [2.45, 2.75) is 31.8 Å². The summed E-state index contributed by atoms with van der Waals surface area (Å²) in [4.78, 5) is 26.0. The Morgan fingerprint density at radius 2 is 2.00 bits per heavy atom. The number of carbonyl (C=O) groups is 2. The Kier molecular flexibility index (Phi) is 3.87. The van der Waals surface area contributed by atoms with E-state index in [1.54, 1.807) is 0 Å². The summed E-state index contributed by atoms with van der Waals surface area (Å²) >= 11 is 0. The second kappa shape index (κ2) is 5.68. The van der Waals surface area contributed by atoms with E-state index in [1.165, 1.54) is 12.1 Å². The molecule has 1 aromatic rings. The molecule has 0 spiro atoms. The number of carbonyl (C=O) groups excluding carboxylic acids is 2. The van der Waals surface area contributed by atoms with Crippen LogP contribution >= 0.6 is 0 Å². The molecule has 0 radical (unpaired) electrons. The fourth-order valence-electron chi connectivity index (χ4n) is 3.64. The van der Waals surface area contributed by atoms with Gasteiger partial charge in [0.05, 0.1) is 5.56 Å². The molecule has 2 bridgehead atoms. The fourth-order valence-corrected chi connectivity index (χ4v) is 3.64. The number of primary amides is 1. The van der Waals surface area contributed by atoms with Gasteiger partial charge in [-0.1, -0.05) is 0 Å². The van der Waals surface area contributed by atoms with Gasteiger partial charge in [0.15, 0.2) is 0 Å². The average Bonchev–Trinajstić information content (AvgIpc) is 2.51. The van der Waals surface area contributed by atoms with Crippen molar-refractivity contribution < 1.29 is 14.0 Å². The van der Waals surface area contributed by atoms with Gasteiger partial charge < -0.3 is 11.1 Å². The van der Waals surface area contributed by atoms with E-state index in [4.69, 9.17) is 5.73 Å². The predicted octanol–water partition coefficient (Wildman–Crippen LogP) is 1.14. The maximum absolute atomic E-state index is 13.5. The number of piperidine rings is 3. The van der Waals surface area contributed by atoms with E-state index in [0.717, 1.165) is 32.0 Å². The lowest BCUT2D eigenvalue weighted by molar-refractivity contribution is 0.0217. The van der Waals surface area contributed by atoms with Gasteiger partial charge in [0.2, 0.25) is 0 Å². The van der Waals surface area contributed by atoms with Gasteiger partial charge in [-0.25, -0.2) is 4.39 Å². The summed E-state index contributed by atoms with van der Waals surface area (Å²) in [7, 11) is 0. The molecule has 3 fully saturated rings. The second-order valence-corrected chi connectivity index (χ2v) is 6.17. The summed E-state index contributed by atoms with van der Waals surface area (Å²) in [5.41, 5.74) is 5.13. The number of amides is 2. The zero-order valence-corrected chi connectivity index (χ0v) is 12.5. The molecular weight excluding hydrogens is 285 g/mol. The predicted molar refractivity (Wildman–Crippen MR) is 79.9 cm³/mol. The molecule has 5 nitrogen and oxygen atoms in total. The molecule has 3 aliphatic heterocycles. The van der Waals surface area contributed by atoms with Crippen LogP contribution in [0.2, 0.25) is 0 Å². The van der Waals surface area contributed by atoms with E-state index < -0.39 is 11.7 Å². The Balaban J connectivity index is 1.77. The first kappa shape index (κ1) is 15.0. The Hall–Kier alpha value is -1.95. The third kappa shape index (κ3) is 2.59. The normalized spacial score (nSPS) is 30.1. The SMILES string of the molecule is CC1C(NC(=O)c2ccc(F)c(C(N)=O)c2)C2CCN1CC2. The van der Waals surface area contributed by atoms with E-state index >= 15 is 0 Å². The molecule has 1 aromatic carbocycles. The van der Waals surface area contributed by atoms with E-state index in [9.17, 15) is 14.0 Å². The molecule has 3 heterocycles. The van der Waals surface area contributed by atoms with Gasteiger partial charge in [0.25, 0.3) is 11.8 Å². The second-order valence-electron chi connectivity index (χ2n) is 6.17. The van der Waals surface area contributed by atoms with Crippen LogP contribution in [-0.2, 0) is 0 Å². The number of nitrogens with one attached hydrogen (secondary N) is 1. The maximum Gasteiger partial charge on any atom is 0.251 e. The molecule has 0 aromatic heterocycles. The minimum atomic E-state index is -0.872. The highest BCUT2D eigenvalue weighted by Crippen LogP contribution is 2.32. The highest BCUT2D eigenvalue weighted by Gasteiger charge is 2.40. The molecule has 2 atom stereocenters. The number of fused-ring (bicyclic) bond motifs is 3. The van der Waals surface area contributed by atoms with Crippen LogP contribution in [-0.4, -0.2) is 41.9 Å². The number of halogens is 1. The van der Waals surface area contributed by atoms with Gasteiger partial charge >= 0.3 is 0 Å². The highest BCUT2D eigenvalue weighted by atomic mass is 19.1. The molecule has 3 N–H and O–H groups in total. The van der Waals surface area contributed by atoms with Crippen LogP contribution in [0.5, 0.6) is 0 Å². The van der Waals surface area contributed by atoms with Crippen molar-refractivity contribution in [3.05, 3.63) is 35.1 Å². The van der Waals surface area contributed by atoms with Gasteiger partial charge in [-0.2, -0.15) is 0 Å². The standard InChI is InChI=1S/C16H20FN3O2/c1-9-14(10-4-6-20(9)7-5-10)19-16(22)11-2-3-13(17)12(8-11)15(18)21/h2-3,8-10,14H,4-7H2,1H3,(H2,18,21)(H,19,22). The quantitative estimate of drug-likeness (QED) is 0.879. The van der Waals surface area contributed by atoms with Gasteiger partial charge in [-0.3, -0.25) is 14.5 Å². The topological polar surface area (TPSA) is 75.4 Å². The number of benzene rings is 1. The Morgan fingerprint density at radius 1 is 1.32 bits per heavy atom. The van der Waals surface area contributed by atoms with Crippen molar-refractivity contribution in [3.8, 4) is 0 Å². The zero-order chi connectivity index (χ0) is 15.9. The summed E-state index contributed by atoms with van der Waals surface area (Å²) < 4.78 is 13.5. The third-order valence-corrected chi connectivity index (χ3v) is 4.97. The molecule has 3 saturated heterocycles. The third-order valence-electron chi connectivity index (χ3n) is 4.97. The summed E-state index contributed by atoms with van der Waals surface area (Å²) in [5, 5.41) is 3.05. The molecule has 118 valence electrons. The maximum atomic E-state index is 13.5. The Labute approximate surface area is 128 Å². The summed E-state index contributed by atoms with van der Waals surface area (Å²) in [5.74, 6) is -1.38. The summed E-state index contributed by atoms with van der Waals surface area (Å²) in [6, 6.07) is 4.10. The fraction of sp³-hybridized carbons (Fsp3) is 0.500. The molecule has 0 aliphatic carbocycles. The van der Waals surface area contributed by atoms with Gasteiger partial charge in [-0.05, 0) is 57.0 Å². The van der Waals surface area contributed by atoms with Crippen molar-refractivity contribution in [3.63, 3.8) is 0 Å². The Bertz CT molecular complexity index is 609. The van der Waals surface area contributed by atoms with Crippen LogP contribution in [0.1, 0.15) is 40.5 Å². The first-order valence-electron chi connectivity index (χ1n) is 7.61. The lowest BCUT2D eigenvalue weighted by atomic mass is 9.79. The molecule has 4 rings (SSSR count). The van der Waals surface area contributed by atoms with Crippen LogP contribution in [0.15, 0.2) is 18.2 Å². The number of nitrogens with zero attached hydrogens (tertiary/aromatic N) is 1. The van der Waals surface area contributed by atoms with Crippen LogP contribution in [0.4, 0.5) is 4.39 Å². The van der Waals surface area contributed by atoms with E-state index in [1.807, 2.05) is 0 Å². The van der Waals surface area contributed by atoms with Gasteiger partial charge in [0, 0.05) is 17.6 Å². The number of nitrogens with two attached hydrogens (primary N) is 1. The first-order chi connectivity index (χ1) is 10.5. The Morgan fingerprint density at radius 3 is 2.59 bits per heavy atom. The molecule has 2 unspecified atom stereocenters. The largest absolute Gasteiger partial charge is 0.366 e. The molecule has 6 heteroatoms. The zero-order valence-electron chi connectivity index (χ0n) is 12.5. The van der Waals surface area contributed by atoms with Crippen molar-refractivity contribution in [1.82, 2.24) is 10.2 Å². The minimum absolute atomic E-state index is 0.0945. The first-order valence-corrected chi connectivity index (χ1v) is 7.61. The van der Waals surface area contributed by atoms with Gasteiger partial charge in [0.1, 0.15) is 5.82 Å². The van der Waals surface area contributed by atoms with Crippen LogP contribution in [0.3, 0.4) is 0 Å². The van der Waals surface area contributed by atoms with Crippen molar-refractivity contribution in [2.75, 3.05) is 13.1 Å². The minimum Gasteiger partial charge on any atom is -0.366 e.